The molecule has 0 radical (unpaired) electrons. The maximum atomic E-state index is 9.19. The summed E-state index contributed by atoms with van der Waals surface area (Å²) in [7, 11) is 3.50. The molecule has 80 valence electrons. The summed E-state index contributed by atoms with van der Waals surface area (Å²) in [6.07, 6.45) is 0. The van der Waals surface area contributed by atoms with Gasteiger partial charge in [0.1, 0.15) is 5.75 Å². The van der Waals surface area contributed by atoms with Gasteiger partial charge >= 0.3 is 0 Å². The second-order valence-electron chi connectivity index (χ2n) is 3.36. The Labute approximate surface area is 92.8 Å². The van der Waals surface area contributed by atoms with Gasteiger partial charge in [0.2, 0.25) is 0 Å². The highest BCUT2D eigenvalue weighted by molar-refractivity contribution is 6.36. The lowest BCUT2D eigenvalue weighted by molar-refractivity contribution is 0.273. The van der Waals surface area contributed by atoms with Gasteiger partial charge in [0.25, 0.3) is 0 Å². The first-order valence-electron chi connectivity index (χ1n) is 4.60. The summed E-state index contributed by atoms with van der Waals surface area (Å²) in [6, 6.07) is 5.68. The second-order valence-corrected chi connectivity index (χ2v) is 3.74. The van der Waals surface area contributed by atoms with E-state index in [-0.39, 0.29) is 6.61 Å². The van der Waals surface area contributed by atoms with E-state index >= 15 is 0 Å². The van der Waals surface area contributed by atoms with E-state index in [2.05, 4.69) is 0 Å². The van der Waals surface area contributed by atoms with Crippen LogP contribution in [0.2, 0.25) is 5.02 Å². The second kappa shape index (κ2) is 3.76. The van der Waals surface area contributed by atoms with Crippen LogP contribution >= 0.6 is 11.6 Å². The van der Waals surface area contributed by atoms with Crippen molar-refractivity contribution in [1.29, 1.82) is 0 Å². The van der Waals surface area contributed by atoms with E-state index in [4.69, 9.17) is 16.3 Å². The fourth-order valence-corrected chi connectivity index (χ4v) is 2.07. The van der Waals surface area contributed by atoms with Gasteiger partial charge in [-0.25, -0.2) is 0 Å². The molecule has 0 unspecified atom stereocenters. The van der Waals surface area contributed by atoms with Crippen LogP contribution in [-0.4, -0.2) is 16.8 Å². The fourth-order valence-electron chi connectivity index (χ4n) is 1.73. The molecule has 3 nitrogen and oxygen atoms in total. The van der Waals surface area contributed by atoms with E-state index in [1.165, 1.54) is 0 Å². The van der Waals surface area contributed by atoms with Crippen LogP contribution in [0.3, 0.4) is 0 Å². The summed E-state index contributed by atoms with van der Waals surface area (Å²) in [6.45, 7) is -0.0632. The minimum atomic E-state index is -0.0632. The van der Waals surface area contributed by atoms with Crippen LogP contribution in [0.25, 0.3) is 10.9 Å². The van der Waals surface area contributed by atoms with Crippen molar-refractivity contribution in [2.45, 2.75) is 6.61 Å². The number of rotatable bonds is 2. The highest BCUT2D eigenvalue weighted by atomic mass is 35.5. The summed E-state index contributed by atoms with van der Waals surface area (Å²) >= 11 is 6.16. The Kier molecular flexibility index (Phi) is 2.59. The van der Waals surface area contributed by atoms with Crippen molar-refractivity contribution < 1.29 is 9.84 Å². The van der Waals surface area contributed by atoms with Gasteiger partial charge < -0.3 is 14.4 Å². The first-order chi connectivity index (χ1) is 7.19. The van der Waals surface area contributed by atoms with Gasteiger partial charge in [-0.2, -0.15) is 0 Å². The summed E-state index contributed by atoms with van der Waals surface area (Å²) in [5.74, 6) is 0.763. The minimum Gasteiger partial charge on any atom is -0.497 e. The maximum Gasteiger partial charge on any atom is 0.119 e. The third-order valence-corrected chi connectivity index (χ3v) is 3.03. The minimum absolute atomic E-state index is 0.0632. The SMILES string of the molecule is COc1ccc2c(c1)c(Cl)c(CO)n2C. The molecule has 2 rings (SSSR count). The predicted molar refractivity (Wildman–Crippen MR) is 60.4 cm³/mol. The average Bonchev–Trinajstić information content (AvgIpc) is 2.51. The van der Waals surface area contributed by atoms with E-state index in [0.717, 1.165) is 22.3 Å². The standard InChI is InChI=1S/C11H12ClNO2/c1-13-9-4-3-7(15-2)5-8(9)11(12)10(13)6-14/h3-5,14H,6H2,1-2H3. The Morgan fingerprint density at radius 2 is 2.20 bits per heavy atom. The summed E-state index contributed by atoms with van der Waals surface area (Å²) in [5.41, 5.74) is 1.71. The first-order valence-corrected chi connectivity index (χ1v) is 4.98. The number of aliphatic hydroxyl groups excluding tert-OH is 1. The lowest BCUT2D eigenvalue weighted by atomic mass is 10.2. The molecule has 2 aromatic rings. The number of aliphatic hydroxyl groups is 1. The van der Waals surface area contributed by atoms with Crippen molar-refractivity contribution in [2.75, 3.05) is 7.11 Å². The van der Waals surface area contributed by atoms with Crippen LogP contribution in [0.15, 0.2) is 18.2 Å². The van der Waals surface area contributed by atoms with E-state index in [0.29, 0.717) is 5.02 Å². The molecule has 0 fully saturated rings. The van der Waals surface area contributed by atoms with Gasteiger partial charge in [-0.1, -0.05) is 11.6 Å². The van der Waals surface area contributed by atoms with Gasteiger partial charge in [0.15, 0.2) is 0 Å². The Morgan fingerprint density at radius 1 is 1.47 bits per heavy atom. The van der Waals surface area contributed by atoms with Crippen LogP contribution in [0, 0.1) is 0 Å². The normalized spacial score (nSPS) is 10.9. The number of halogens is 1. The molecular formula is C11H12ClNO2. The summed E-state index contributed by atoms with van der Waals surface area (Å²) < 4.78 is 7.02. The number of methoxy groups -OCH3 is 1. The van der Waals surface area contributed by atoms with E-state index in [9.17, 15) is 5.11 Å². The van der Waals surface area contributed by atoms with E-state index < -0.39 is 0 Å². The fraction of sp³-hybridized carbons (Fsp3) is 0.273. The number of hydrogen-bond acceptors (Lipinski definition) is 2. The summed E-state index contributed by atoms with van der Waals surface area (Å²) in [5, 5.41) is 10.7. The largest absolute Gasteiger partial charge is 0.497 e. The average molecular weight is 226 g/mol. The van der Waals surface area contributed by atoms with Gasteiger partial charge in [0, 0.05) is 18.0 Å². The Balaban J connectivity index is 2.77. The number of aromatic nitrogens is 1. The molecule has 15 heavy (non-hydrogen) atoms. The molecule has 0 aliphatic rings. The molecule has 1 aromatic heterocycles. The van der Waals surface area contributed by atoms with Crippen LogP contribution in [0.1, 0.15) is 5.69 Å². The number of ether oxygens (including phenoxy) is 1. The van der Waals surface area contributed by atoms with Gasteiger partial charge in [-0.15, -0.1) is 0 Å². The highest BCUT2D eigenvalue weighted by Crippen LogP contribution is 2.32. The zero-order chi connectivity index (χ0) is 11.0. The molecular weight excluding hydrogens is 214 g/mol. The van der Waals surface area contributed by atoms with Crippen LogP contribution in [0.4, 0.5) is 0 Å². The lowest BCUT2D eigenvalue weighted by Gasteiger charge is -2.01. The number of hydrogen-bond donors (Lipinski definition) is 1. The smallest absolute Gasteiger partial charge is 0.119 e. The number of fused-ring (bicyclic) bond motifs is 1. The highest BCUT2D eigenvalue weighted by Gasteiger charge is 2.12. The van der Waals surface area contributed by atoms with Crippen LogP contribution < -0.4 is 4.74 Å². The van der Waals surface area contributed by atoms with Crippen molar-refractivity contribution in [1.82, 2.24) is 4.57 Å². The Hall–Kier alpha value is -1.19. The third-order valence-electron chi connectivity index (χ3n) is 2.61. The maximum absolute atomic E-state index is 9.19. The molecule has 0 amide bonds. The number of nitrogens with zero attached hydrogens (tertiary/aromatic N) is 1. The molecule has 0 atom stereocenters. The molecule has 4 heteroatoms. The van der Waals surface area contributed by atoms with Crippen molar-refractivity contribution in [3.8, 4) is 5.75 Å². The number of aryl methyl sites for hydroxylation is 1. The van der Waals surface area contributed by atoms with Crippen LogP contribution in [-0.2, 0) is 13.7 Å². The van der Waals surface area contributed by atoms with Gasteiger partial charge in [-0.05, 0) is 18.2 Å². The molecule has 0 saturated carbocycles. The summed E-state index contributed by atoms with van der Waals surface area (Å²) in [4.78, 5) is 0. The number of benzene rings is 1. The van der Waals surface area contributed by atoms with E-state index in [1.54, 1.807) is 7.11 Å². The molecule has 0 aliphatic carbocycles. The van der Waals surface area contributed by atoms with Crippen molar-refractivity contribution in [2.24, 2.45) is 7.05 Å². The molecule has 0 saturated heterocycles. The predicted octanol–water partition coefficient (Wildman–Crippen LogP) is 2.33. The van der Waals surface area contributed by atoms with Crippen molar-refractivity contribution in [3.63, 3.8) is 0 Å². The third kappa shape index (κ3) is 1.48. The molecule has 0 bridgehead atoms. The van der Waals surface area contributed by atoms with Crippen LogP contribution in [0.5, 0.6) is 5.75 Å². The molecule has 0 aliphatic heterocycles. The zero-order valence-corrected chi connectivity index (χ0v) is 9.38. The topological polar surface area (TPSA) is 34.4 Å². The first kappa shape index (κ1) is 10.3. The van der Waals surface area contributed by atoms with E-state index in [1.807, 2.05) is 29.8 Å². The molecule has 1 aromatic carbocycles. The van der Waals surface area contributed by atoms with Gasteiger partial charge in [0.05, 0.1) is 24.4 Å². The lowest BCUT2D eigenvalue weighted by Crippen LogP contribution is -1.95. The molecule has 1 N–H and O–H groups in total. The van der Waals surface area contributed by atoms with Gasteiger partial charge in [-0.3, -0.25) is 0 Å². The zero-order valence-electron chi connectivity index (χ0n) is 8.62. The quantitative estimate of drug-likeness (QED) is 0.851. The Morgan fingerprint density at radius 3 is 2.80 bits per heavy atom. The molecule has 1 heterocycles. The van der Waals surface area contributed by atoms with Crippen molar-refractivity contribution in [3.05, 3.63) is 28.9 Å². The monoisotopic (exact) mass is 225 g/mol. The van der Waals surface area contributed by atoms with Crippen molar-refractivity contribution >= 4 is 22.5 Å². The Bertz CT molecular complexity index is 505. The molecule has 0 spiro atoms.